The topological polar surface area (TPSA) is 30.0 Å². The van der Waals surface area contributed by atoms with Crippen LogP contribution >= 0.6 is 11.8 Å². The molecule has 0 unspecified atom stereocenters. The maximum atomic E-state index is 11.0. The molecule has 0 atom stereocenters. The minimum atomic E-state index is 0.0675. The molecule has 0 fully saturated rings. The Morgan fingerprint density at radius 3 is 2.64 bits per heavy atom. The summed E-state index contributed by atoms with van der Waals surface area (Å²) >= 11 is 1.73. The molecule has 0 saturated heterocycles. The average molecular weight is 209 g/mol. The first-order chi connectivity index (χ1) is 6.59. The van der Waals surface area contributed by atoms with Crippen molar-refractivity contribution in [2.24, 2.45) is 5.92 Å². The van der Waals surface area contributed by atoms with Gasteiger partial charge in [0, 0.05) is 17.5 Å². The maximum absolute atomic E-state index is 11.0. The zero-order valence-corrected chi connectivity index (χ0v) is 9.60. The van der Waals surface area contributed by atoms with Crippen molar-refractivity contribution in [2.75, 3.05) is 5.75 Å². The summed E-state index contributed by atoms with van der Waals surface area (Å²) in [4.78, 5) is 15.2. The zero-order chi connectivity index (χ0) is 10.6. The number of thioether (sulfide) groups is 1. The van der Waals surface area contributed by atoms with E-state index in [2.05, 4.69) is 18.8 Å². The van der Waals surface area contributed by atoms with Crippen LogP contribution in [0.25, 0.3) is 0 Å². The third kappa shape index (κ3) is 3.50. The first-order valence-electron chi connectivity index (χ1n) is 4.69. The van der Waals surface area contributed by atoms with Crippen molar-refractivity contribution >= 4 is 17.5 Å². The lowest BCUT2D eigenvalue weighted by Gasteiger charge is -2.03. The predicted octanol–water partition coefficient (Wildman–Crippen LogP) is 3.03. The molecule has 1 heterocycles. The van der Waals surface area contributed by atoms with Crippen molar-refractivity contribution < 1.29 is 4.79 Å². The normalized spacial score (nSPS) is 10.6. The minimum absolute atomic E-state index is 0.0675. The monoisotopic (exact) mass is 209 g/mol. The standard InChI is InChI=1S/C11H15NOS/c1-8(2)7-14-11-5-4-10(6-12-11)9(3)13/h4-6,8H,7H2,1-3H3. The molecular formula is C11H15NOS. The minimum Gasteiger partial charge on any atom is -0.294 e. The van der Waals surface area contributed by atoms with Gasteiger partial charge in [0.1, 0.15) is 0 Å². The molecular weight excluding hydrogens is 194 g/mol. The molecule has 0 amide bonds. The Morgan fingerprint density at radius 2 is 2.21 bits per heavy atom. The number of Topliss-reactive ketones (excluding diaryl/α,β-unsaturated/α-hetero) is 1. The Labute approximate surface area is 89.1 Å². The van der Waals surface area contributed by atoms with Crippen LogP contribution in [0.15, 0.2) is 23.4 Å². The fourth-order valence-corrected chi connectivity index (χ4v) is 1.72. The van der Waals surface area contributed by atoms with Gasteiger partial charge in [-0.3, -0.25) is 4.79 Å². The molecule has 0 aliphatic heterocycles. The van der Waals surface area contributed by atoms with Crippen molar-refractivity contribution in [3.63, 3.8) is 0 Å². The summed E-state index contributed by atoms with van der Waals surface area (Å²) in [6.07, 6.45) is 1.64. The van der Waals surface area contributed by atoms with Crippen LogP contribution in [-0.2, 0) is 0 Å². The van der Waals surface area contributed by atoms with Crippen LogP contribution in [0.3, 0.4) is 0 Å². The molecule has 2 nitrogen and oxygen atoms in total. The third-order valence-corrected chi connectivity index (χ3v) is 3.08. The van der Waals surface area contributed by atoms with E-state index in [4.69, 9.17) is 0 Å². The molecule has 0 bridgehead atoms. The number of pyridine rings is 1. The lowest BCUT2D eigenvalue weighted by Crippen LogP contribution is -1.95. The Bertz CT molecular complexity index is 306. The van der Waals surface area contributed by atoms with E-state index in [1.165, 1.54) is 0 Å². The number of hydrogen-bond acceptors (Lipinski definition) is 3. The van der Waals surface area contributed by atoms with Crippen LogP contribution in [0, 0.1) is 5.92 Å². The van der Waals surface area contributed by atoms with Crippen molar-refractivity contribution in [3.8, 4) is 0 Å². The van der Waals surface area contributed by atoms with Crippen LogP contribution < -0.4 is 0 Å². The van der Waals surface area contributed by atoms with E-state index in [0.717, 1.165) is 10.8 Å². The number of aromatic nitrogens is 1. The van der Waals surface area contributed by atoms with E-state index in [-0.39, 0.29) is 5.78 Å². The number of carbonyl (C=O) groups is 1. The van der Waals surface area contributed by atoms with E-state index >= 15 is 0 Å². The quantitative estimate of drug-likeness (QED) is 0.564. The van der Waals surface area contributed by atoms with Gasteiger partial charge in [0.2, 0.25) is 0 Å². The number of hydrogen-bond donors (Lipinski definition) is 0. The van der Waals surface area contributed by atoms with Gasteiger partial charge in [-0.1, -0.05) is 13.8 Å². The molecule has 0 radical (unpaired) electrons. The first kappa shape index (κ1) is 11.2. The van der Waals surface area contributed by atoms with Crippen molar-refractivity contribution in [1.82, 2.24) is 4.98 Å². The number of carbonyl (C=O) groups excluding carboxylic acids is 1. The summed E-state index contributed by atoms with van der Waals surface area (Å²) in [6.45, 7) is 5.91. The van der Waals surface area contributed by atoms with Crippen LogP contribution in [0.4, 0.5) is 0 Å². The molecule has 14 heavy (non-hydrogen) atoms. The molecule has 3 heteroatoms. The predicted molar refractivity (Wildman–Crippen MR) is 59.8 cm³/mol. The summed E-state index contributed by atoms with van der Waals surface area (Å²) in [7, 11) is 0. The van der Waals surface area contributed by atoms with Gasteiger partial charge in [0.05, 0.1) is 5.03 Å². The van der Waals surface area contributed by atoms with Gasteiger partial charge >= 0.3 is 0 Å². The van der Waals surface area contributed by atoms with Gasteiger partial charge in [-0.05, 0) is 25.0 Å². The van der Waals surface area contributed by atoms with Crippen molar-refractivity contribution in [1.29, 1.82) is 0 Å². The fraction of sp³-hybridized carbons (Fsp3) is 0.455. The molecule has 76 valence electrons. The second-order valence-corrected chi connectivity index (χ2v) is 4.69. The van der Waals surface area contributed by atoms with Gasteiger partial charge in [-0.25, -0.2) is 4.98 Å². The molecule has 0 N–H and O–H groups in total. The molecule has 0 aromatic carbocycles. The van der Waals surface area contributed by atoms with Gasteiger partial charge in [-0.2, -0.15) is 0 Å². The Balaban J connectivity index is 2.60. The average Bonchev–Trinajstić information content (AvgIpc) is 2.15. The van der Waals surface area contributed by atoms with E-state index in [1.54, 1.807) is 24.9 Å². The van der Waals surface area contributed by atoms with Crippen LogP contribution in [-0.4, -0.2) is 16.5 Å². The summed E-state index contributed by atoms with van der Waals surface area (Å²) in [5.41, 5.74) is 0.680. The highest BCUT2D eigenvalue weighted by Gasteiger charge is 2.01. The summed E-state index contributed by atoms with van der Waals surface area (Å²) in [6, 6.07) is 3.74. The highest BCUT2D eigenvalue weighted by molar-refractivity contribution is 7.99. The maximum Gasteiger partial charge on any atom is 0.161 e. The van der Waals surface area contributed by atoms with Crippen LogP contribution in [0.1, 0.15) is 31.1 Å². The molecule has 1 rings (SSSR count). The molecule has 0 aliphatic rings. The summed E-state index contributed by atoms with van der Waals surface area (Å²) < 4.78 is 0. The third-order valence-electron chi connectivity index (χ3n) is 1.71. The number of nitrogens with zero attached hydrogens (tertiary/aromatic N) is 1. The summed E-state index contributed by atoms with van der Waals surface area (Å²) in [5, 5.41) is 0.990. The van der Waals surface area contributed by atoms with E-state index < -0.39 is 0 Å². The highest BCUT2D eigenvalue weighted by atomic mass is 32.2. The second kappa shape index (κ2) is 5.15. The Morgan fingerprint density at radius 1 is 1.50 bits per heavy atom. The van der Waals surface area contributed by atoms with Gasteiger partial charge in [-0.15, -0.1) is 11.8 Å². The molecule has 1 aromatic heterocycles. The van der Waals surface area contributed by atoms with E-state index in [0.29, 0.717) is 11.5 Å². The Hall–Kier alpha value is -0.830. The van der Waals surface area contributed by atoms with E-state index in [1.807, 2.05) is 12.1 Å². The lowest BCUT2D eigenvalue weighted by atomic mass is 10.2. The van der Waals surface area contributed by atoms with Crippen LogP contribution in [0.5, 0.6) is 0 Å². The molecule has 1 aromatic rings. The molecule has 0 saturated carbocycles. The Kier molecular flexibility index (Phi) is 4.14. The number of ketones is 1. The number of rotatable bonds is 4. The molecule has 0 aliphatic carbocycles. The van der Waals surface area contributed by atoms with Gasteiger partial charge < -0.3 is 0 Å². The fourth-order valence-electron chi connectivity index (χ4n) is 0.926. The van der Waals surface area contributed by atoms with Crippen molar-refractivity contribution in [2.45, 2.75) is 25.8 Å². The summed E-state index contributed by atoms with van der Waals surface area (Å²) in [5.74, 6) is 1.79. The van der Waals surface area contributed by atoms with Crippen LogP contribution in [0.2, 0.25) is 0 Å². The smallest absolute Gasteiger partial charge is 0.161 e. The highest BCUT2D eigenvalue weighted by Crippen LogP contribution is 2.18. The van der Waals surface area contributed by atoms with E-state index in [9.17, 15) is 4.79 Å². The largest absolute Gasteiger partial charge is 0.294 e. The lowest BCUT2D eigenvalue weighted by molar-refractivity contribution is 0.101. The van der Waals surface area contributed by atoms with Crippen molar-refractivity contribution in [3.05, 3.63) is 23.9 Å². The molecule has 0 spiro atoms. The van der Waals surface area contributed by atoms with Gasteiger partial charge in [0.25, 0.3) is 0 Å². The van der Waals surface area contributed by atoms with Gasteiger partial charge in [0.15, 0.2) is 5.78 Å². The first-order valence-corrected chi connectivity index (χ1v) is 5.68. The SMILES string of the molecule is CC(=O)c1ccc(SCC(C)C)nc1. The second-order valence-electron chi connectivity index (χ2n) is 3.65. The zero-order valence-electron chi connectivity index (χ0n) is 8.78.